The maximum absolute atomic E-state index is 12.7. The predicted molar refractivity (Wildman–Crippen MR) is 220 cm³/mol. The normalized spacial score (nSPS) is 10.3. The molecule has 0 saturated heterocycles. The first-order valence-corrected chi connectivity index (χ1v) is 18.2. The summed E-state index contributed by atoms with van der Waals surface area (Å²) in [7, 11) is 3.22. The smallest absolute Gasteiger partial charge is 0.267 e. The van der Waals surface area contributed by atoms with Crippen LogP contribution in [0.4, 0.5) is 0 Å². The molecular weight excluding hydrogens is 803 g/mol. The SMILES string of the molecule is Cn1nc(-c2ccc(Cl)cc2)nc1-c1c(O)nc(-c2ccccc2)sc1=O.Cn1nc(-c2ccc(Cl)cc2)nc1C(=C=O)C(=O)Cl.NC(=S)c1ccccc1. The second kappa shape index (κ2) is 18.5. The molecule has 0 amide bonds. The summed E-state index contributed by atoms with van der Waals surface area (Å²) in [6.07, 6.45) is 0. The number of carbonyl (C=O) groups is 1. The van der Waals surface area contributed by atoms with Crippen LogP contribution in [0.1, 0.15) is 11.4 Å². The van der Waals surface area contributed by atoms with Gasteiger partial charge >= 0.3 is 0 Å². The molecule has 17 heteroatoms. The van der Waals surface area contributed by atoms with E-state index in [-0.39, 0.29) is 33.4 Å². The van der Waals surface area contributed by atoms with Crippen molar-refractivity contribution in [2.24, 2.45) is 19.8 Å². The van der Waals surface area contributed by atoms with E-state index in [1.807, 2.05) is 60.7 Å². The van der Waals surface area contributed by atoms with Crippen LogP contribution < -0.4 is 10.5 Å². The van der Waals surface area contributed by atoms with Crippen LogP contribution in [-0.4, -0.2) is 55.8 Å². The number of aryl methyl sites for hydroxylation is 2. The summed E-state index contributed by atoms with van der Waals surface area (Å²) in [4.78, 5) is 47.7. The summed E-state index contributed by atoms with van der Waals surface area (Å²) in [6.45, 7) is 0. The maximum atomic E-state index is 12.7. The van der Waals surface area contributed by atoms with Gasteiger partial charge in [-0.2, -0.15) is 10.2 Å². The highest BCUT2D eigenvalue weighted by Crippen LogP contribution is 2.30. The van der Waals surface area contributed by atoms with Crippen molar-refractivity contribution in [3.05, 3.63) is 140 Å². The van der Waals surface area contributed by atoms with E-state index in [2.05, 4.69) is 25.1 Å². The standard InChI is InChI=1S/C19H13ClN4O2S.C12H7Cl2N3O2.C7H7NS/c1-24-16(21-15(23-24)11-7-9-13(20)10-8-11)14-17(25)22-18(27-19(14)26)12-5-3-2-4-6-12;1-17-12(9(6-18)10(14)19)15-11(16-17)7-2-4-8(13)5-3-7;8-7(9)6-4-2-1-3-5-6/h2-10,25H,1H3;2-5H,1H3;1-5H,(H2,8,9). The molecule has 3 heterocycles. The summed E-state index contributed by atoms with van der Waals surface area (Å²) in [5.74, 6) is 2.22. The monoisotopic (exact) mass is 828 g/mol. The van der Waals surface area contributed by atoms with Crippen molar-refractivity contribution in [1.29, 1.82) is 0 Å². The Labute approximate surface area is 338 Å². The molecule has 0 unspecified atom stereocenters. The van der Waals surface area contributed by atoms with Gasteiger partial charge in [-0.05, 0) is 60.1 Å². The third-order valence-electron chi connectivity index (χ3n) is 7.38. The molecule has 0 fully saturated rings. The van der Waals surface area contributed by atoms with Gasteiger partial charge in [0.25, 0.3) is 9.98 Å². The number of rotatable bonds is 7. The van der Waals surface area contributed by atoms with Gasteiger partial charge in [-0.1, -0.05) is 107 Å². The van der Waals surface area contributed by atoms with Crippen molar-refractivity contribution in [2.75, 3.05) is 0 Å². The minimum atomic E-state index is -0.923. The van der Waals surface area contributed by atoms with Crippen LogP contribution in [0, 0.1) is 0 Å². The van der Waals surface area contributed by atoms with E-state index in [1.165, 1.54) is 15.3 Å². The summed E-state index contributed by atoms with van der Waals surface area (Å²) >= 11 is 22.7. The topological polar surface area (TPSA) is 172 Å². The average molecular weight is 830 g/mol. The van der Waals surface area contributed by atoms with Gasteiger partial charge in [0.2, 0.25) is 5.88 Å². The highest BCUT2D eigenvalue weighted by Gasteiger charge is 2.21. The highest BCUT2D eigenvalue weighted by molar-refractivity contribution is 7.80. The van der Waals surface area contributed by atoms with E-state index >= 15 is 0 Å². The van der Waals surface area contributed by atoms with Gasteiger partial charge in [0.1, 0.15) is 21.5 Å². The van der Waals surface area contributed by atoms with Gasteiger partial charge in [-0.25, -0.2) is 29.1 Å². The Morgan fingerprint density at radius 1 is 0.764 bits per heavy atom. The lowest BCUT2D eigenvalue weighted by molar-refractivity contribution is -0.106. The van der Waals surface area contributed by atoms with Crippen molar-refractivity contribution in [3.63, 3.8) is 0 Å². The zero-order valence-corrected chi connectivity index (χ0v) is 32.6. The molecule has 3 N–H and O–H groups in total. The number of aromatic hydroxyl groups is 1. The van der Waals surface area contributed by atoms with Crippen LogP contribution in [0.3, 0.4) is 0 Å². The lowest BCUT2D eigenvalue weighted by Crippen LogP contribution is -2.08. The van der Waals surface area contributed by atoms with Crippen molar-refractivity contribution < 1.29 is 14.7 Å². The van der Waals surface area contributed by atoms with E-state index in [0.717, 1.165) is 28.0 Å². The second-order valence-electron chi connectivity index (χ2n) is 11.1. The third kappa shape index (κ3) is 10.2. The Morgan fingerprint density at radius 2 is 1.27 bits per heavy atom. The molecule has 276 valence electrons. The molecule has 0 spiro atoms. The second-order valence-corrected chi connectivity index (χ2v) is 13.7. The Balaban J connectivity index is 0.000000179. The number of halogens is 3. The molecule has 12 nitrogen and oxygen atoms in total. The maximum Gasteiger partial charge on any atom is 0.267 e. The number of nitrogens with two attached hydrogens (primary N) is 1. The van der Waals surface area contributed by atoms with E-state index < -0.39 is 5.24 Å². The summed E-state index contributed by atoms with van der Waals surface area (Å²) in [5, 5.41) is 19.6. The van der Waals surface area contributed by atoms with E-state index in [4.69, 9.17) is 52.8 Å². The van der Waals surface area contributed by atoms with E-state index in [9.17, 15) is 19.5 Å². The molecule has 0 radical (unpaired) electrons. The fourth-order valence-corrected chi connectivity index (χ4v) is 6.08. The van der Waals surface area contributed by atoms with Crippen LogP contribution in [0.5, 0.6) is 5.88 Å². The largest absolute Gasteiger partial charge is 0.493 e. The van der Waals surface area contributed by atoms with Gasteiger partial charge < -0.3 is 10.8 Å². The minimum Gasteiger partial charge on any atom is -0.493 e. The number of aromatic nitrogens is 7. The first-order chi connectivity index (χ1) is 26.4. The first-order valence-electron chi connectivity index (χ1n) is 15.8. The van der Waals surface area contributed by atoms with Gasteiger partial charge in [0.05, 0.1) is 0 Å². The Kier molecular flexibility index (Phi) is 13.5. The molecule has 7 aromatic rings. The van der Waals surface area contributed by atoms with Crippen molar-refractivity contribution in [3.8, 4) is 50.6 Å². The van der Waals surface area contributed by atoms with Crippen LogP contribution >= 0.6 is 58.4 Å². The lowest BCUT2D eigenvalue weighted by atomic mass is 10.2. The number of thiocarbonyl (C=S) groups is 1. The van der Waals surface area contributed by atoms with Gasteiger partial charge in [-0.15, -0.1) is 0 Å². The Bertz CT molecular complexity index is 2570. The molecule has 4 aromatic carbocycles. The van der Waals surface area contributed by atoms with Gasteiger partial charge in [0.15, 0.2) is 28.9 Å². The van der Waals surface area contributed by atoms with Crippen molar-refractivity contribution in [2.45, 2.75) is 0 Å². The minimum absolute atomic E-state index is 0.0369. The zero-order valence-electron chi connectivity index (χ0n) is 28.7. The van der Waals surface area contributed by atoms with Crippen LogP contribution in [0.15, 0.2) is 114 Å². The first kappa shape index (κ1) is 40.3. The predicted octanol–water partition coefficient (Wildman–Crippen LogP) is 7.43. The van der Waals surface area contributed by atoms with Crippen molar-refractivity contribution in [1.82, 2.24) is 34.5 Å². The molecular formula is C38H27Cl3N8O4S2. The number of nitrogens with zero attached hydrogens (tertiary/aromatic N) is 7. The Morgan fingerprint density at radius 3 is 1.75 bits per heavy atom. The van der Waals surface area contributed by atoms with Crippen molar-refractivity contribution >= 4 is 80.1 Å². The number of hydrogen-bond acceptors (Lipinski definition) is 11. The molecule has 0 aliphatic rings. The Hall–Kier alpha value is -5.86. The zero-order chi connectivity index (χ0) is 39.6. The molecule has 0 saturated carbocycles. The number of carbonyl (C=O) groups excluding carboxylic acids is 2. The summed E-state index contributed by atoms with van der Waals surface area (Å²) < 4.78 is 2.42. The quantitative estimate of drug-likeness (QED) is 0.0709. The molecule has 0 aliphatic heterocycles. The molecule has 0 aliphatic carbocycles. The molecule has 7 rings (SSSR count). The number of allylic oxidation sites excluding steroid dienone is 1. The average Bonchev–Trinajstić information content (AvgIpc) is 3.75. The number of benzene rings is 4. The molecule has 3 aromatic heterocycles. The fourth-order valence-electron chi connectivity index (χ4n) is 4.72. The molecule has 0 bridgehead atoms. The third-order valence-corrected chi connectivity index (χ3v) is 9.22. The summed E-state index contributed by atoms with van der Waals surface area (Å²) in [5.41, 5.74) is 8.18. The van der Waals surface area contributed by atoms with E-state index in [0.29, 0.717) is 37.3 Å². The van der Waals surface area contributed by atoms with Crippen LogP contribution in [0.2, 0.25) is 10.0 Å². The summed E-state index contributed by atoms with van der Waals surface area (Å²) in [6, 6.07) is 32.7. The number of hydrogen-bond donors (Lipinski definition) is 2. The van der Waals surface area contributed by atoms with E-state index in [1.54, 1.807) is 62.6 Å². The van der Waals surface area contributed by atoms with Crippen LogP contribution in [-0.2, 0) is 23.7 Å². The highest BCUT2D eigenvalue weighted by atomic mass is 35.5. The molecule has 55 heavy (non-hydrogen) atoms. The lowest BCUT2D eigenvalue weighted by Gasteiger charge is -2.04. The van der Waals surface area contributed by atoms with Gasteiger partial charge in [-0.3, -0.25) is 9.59 Å². The fraction of sp³-hybridized carbons (Fsp3) is 0.0526. The van der Waals surface area contributed by atoms with Gasteiger partial charge in [0, 0.05) is 46.4 Å². The van der Waals surface area contributed by atoms with Crippen LogP contribution in [0.25, 0.3) is 50.3 Å². The molecule has 0 atom stereocenters.